The van der Waals surface area contributed by atoms with Gasteiger partial charge in [0.1, 0.15) is 40.7 Å². The lowest BCUT2D eigenvalue weighted by atomic mass is 9.83. The van der Waals surface area contributed by atoms with Crippen LogP contribution in [-0.2, 0) is 49.3 Å². The number of carbonyl (C=O) groups excluding carboxylic acids is 4. The molecule has 3 aliphatic heterocycles. The number of aliphatic hydroxyl groups is 3. The molecular formula is C38H52ClN3O16. The van der Waals surface area contributed by atoms with E-state index in [1.165, 1.54) is 44.9 Å². The number of carboxylic acid groups (broad SMARTS) is 2. The number of aliphatic hydroxyl groups excluding tert-OH is 2. The average molecular weight is 842 g/mol. The third kappa shape index (κ3) is 11.0. The van der Waals surface area contributed by atoms with E-state index in [0.29, 0.717) is 17.9 Å². The molecule has 0 radical (unpaired) electrons. The van der Waals surface area contributed by atoms with Crippen LogP contribution in [0.4, 0.5) is 10.5 Å². The minimum Gasteiger partial charge on any atom is -0.495 e. The van der Waals surface area contributed by atoms with Crippen molar-refractivity contribution in [3.8, 4) is 5.75 Å². The SMILES string of the molecule is COc1cc2cc(c1Cl)N(C)C(=O)C[C@H](OC(=O)[C@H](C)N(C)C(C)=O)[C@]1(C)O[C@H]1[C@H](C)[C@@H]1C[C@@](O)(NC(=O)O1)C(OC)/C=C/C=C(\C)C2.O=C(O)C(O)C(O)C(=O)O. The zero-order valence-electron chi connectivity index (χ0n) is 33.6. The van der Waals surface area contributed by atoms with Gasteiger partial charge in [0, 0.05) is 40.5 Å². The molecule has 4 bridgehead atoms. The van der Waals surface area contributed by atoms with Crippen molar-refractivity contribution in [2.45, 2.75) is 108 Å². The number of allylic oxidation sites excluding steroid dienone is 3. The number of epoxide rings is 1. The first-order valence-corrected chi connectivity index (χ1v) is 18.4. The van der Waals surface area contributed by atoms with E-state index in [1.807, 2.05) is 13.0 Å². The van der Waals surface area contributed by atoms with Gasteiger partial charge >= 0.3 is 24.0 Å². The minimum absolute atomic E-state index is 0.0436. The number of rotatable bonds is 8. The smallest absolute Gasteiger partial charge is 0.409 e. The number of fused-ring (bicyclic) bond motifs is 5. The van der Waals surface area contributed by atoms with Crippen molar-refractivity contribution >= 4 is 53.1 Å². The second-order valence-electron chi connectivity index (χ2n) is 14.6. The molecule has 4 rings (SSSR count). The molecule has 3 aliphatic rings. The fourth-order valence-electron chi connectivity index (χ4n) is 6.54. The summed E-state index contributed by atoms with van der Waals surface area (Å²) in [6.07, 6.45) is -3.52. The Labute approximate surface area is 340 Å². The second-order valence-corrected chi connectivity index (χ2v) is 15.0. The number of nitrogens with zero attached hydrogens (tertiary/aromatic N) is 2. The molecule has 19 nitrogen and oxygen atoms in total. The van der Waals surface area contributed by atoms with E-state index in [9.17, 15) is 33.9 Å². The van der Waals surface area contributed by atoms with Gasteiger partial charge in [-0.2, -0.15) is 0 Å². The van der Waals surface area contributed by atoms with Crippen molar-refractivity contribution in [3.63, 3.8) is 0 Å². The lowest BCUT2D eigenvalue weighted by Crippen LogP contribution is -2.63. The first kappa shape index (κ1) is 47.6. The molecule has 2 saturated heterocycles. The predicted octanol–water partition coefficient (Wildman–Crippen LogP) is 1.41. The Bertz CT molecular complexity index is 1790. The Morgan fingerprint density at radius 2 is 1.71 bits per heavy atom. The lowest BCUT2D eigenvalue weighted by molar-refractivity contribution is -0.165. The van der Waals surface area contributed by atoms with E-state index < -0.39 is 89.8 Å². The van der Waals surface area contributed by atoms with E-state index in [1.54, 1.807) is 45.2 Å². The van der Waals surface area contributed by atoms with Crippen LogP contribution >= 0.6 is 11.6 Å². The molecule has 1 aromatic rings. The molecule has 1 aromatic carbocycles. The molecular weight excluding hydrogens is 790 g/mol. The molecule has 3 unspecified atom stereocenters. The van der Waals surface area contributed by atoms with E-state index in [4.69, 9.17) is 55.7 Å². The molecule has 58 heavy (non-hydrogen) atoms. The number of alkyl carbamates (subject to hydrolysis) is 1. The van der Waals surface area contributed by atoms with E-state index in [-0.39, 0.29) is 23.8 Å². The predicted molar refractivity (Wildman–Crippen MR) is 204 cm³/mol. The maximum Gasteiger partial charge on any atom is 0.409 e. The Hall–Kier alpha value is -4.79. The fourth-order valence-corrected chi connectivity index (χ4v) is 6.86. The van der Waals surface area contributed by atoms with E-state index in [2.05, 4.69) is 5.32 Å². The van der Waals surface area contributed by atoms with Crippen LogP contribution in [0.1, 0.15) is 53.0 Å². The van der Waals surface area contributed by atoms with Gasteiger partial charge < -0.3 is 59.0 Å². The number of hydrogen-bond acceptors (Lipinski definition) is 14. The number of anilines is 1. The molecule has 3 amide bonds. The molecule has 6 N–H and O–H groups in total. The molecule has 322 valence electrons. The first-order chi connectivity index (χ1) is 26.9. The summed E-state index contributed by atoms with van der Waals surface area (Å²) in [7, 11) is 5.97. The summed E-state index contributed by atoms with van der Waals surface area (Å²) >= 11 is 6.71. The van der Waals surface area contributed by atoms with Crippen LogP contribution < -0.4 is 15.0 Å². The quantitative estimate of drug-likeness (QED) is 0.160. The number of benzene rings is 1. The average Bonchev–Trinajstić information content (AvgIpc) is 3.86. The van der Waals surface area contributed by atoms with Gasteiger partial charge in [-0.3, -0.25) is 14.9 Å². The largest absolute Gasteiger partial charge is 0.495 e. The van der Waals surface area contributed by atoms with Gasteiger partial charge in [0.05, 0.1) is 25.3 Å². The topological polar surface area (TPSA) is 272 Å². The van der Waals surface area contributed by atoms with Gasteiger partial charge in [0.15, 0.2) is 17.9 Å². The van der Waals surface area contributed by atoms with Gasteiger partial charge in [-0.15, -0.1) is 0 Å². The Kier molecular flexibility index (Phi) is 15.8. The number of carboxylic acids is 2. The number of amides is 3. The van der Waals surface area contributed by atoms with Crippen LogP contribution in [0.5, 0.6) is 5.75 Å². The highest BCUT2D eigenvalue weighted by atomic mass is 35.5. The number of ether oxygens (including phenoxy) is 5. The van der Waals surface area contributed by atoms with Gasteiger partial charge in [-0.25, -0.2) is 19.2 Å². The number of methoxy groups -OCH3 is 2. The van der Waals surface area contributed by atoms with Crippen LogP contribution in [0.15, 0.2) is 35.9 Å². The van der Waals surface area contributed by atoms with Crippen molar-refractivity contribution in [2.75, 3.05) is 33.2 Å². The third-order valence-electron chi connectivity index (χ3n) is 10.4. The molecule has 20 heteroatoms. The highest BCUT2D eigenvalue weighted by molar-refractivity contribution is 6.35. The Morgan fingerprint density at radius 1 is 1.10 bits per heavy atom. The normalized spacial score (nSPS) is 30.2. The van der Waals surface area contributed by atoms with Crippen molar-refractivity contribution in [3.05, 3.63) is 46.5 Å². The summed E-state index contributed by atoms with van der Waals surface area (Å²) < 4.78 is 28.9. The molecule has 0 aromatic heterocycles. The van der Waals surface area contributed by atoms with Crippen LogP contribution in [0.3, 0.4) is 0 Å². The zero-order valence-corrected chi connectivity index (χ0v) is 34.4. The van der Waals surface area contributed by atoms with Crippen LogP contribution in [0.2, 0.25) is 5.02 Å². The van der Waals surface area contributed by atoms with Gasteiger partial charge in [0.25, 0.3) is 0 Å². The van der Waals surface area contributed by atoms with Crippen LogP contribution in [-0.4, -0.2) is 149 Å². The summed E-state index contributed by atoms with van der Waals surface area (Å²) in [4.78, 5) is 74.3. The molecule has 3 heterocycles. The van der Waals surface area contributed by atoms with Crippen molar-refractivity contribution in [1.29, 1.82) is 0 Å². The lowest BCUT2D eigenvalue weighted by Gasteiger charge is -2.42. The maximum absolute atomic E-state index is 14.0. The molecule has 0 spiro atoms. The maximum atomic E-state index is 14.0. The number of nitrogens with one attached hydrogen (secondary N) is 1. The van der Waals surface area contributed by atoms with Gasteiger partial charge in [-0.05, 0) is 44.9 Å². The number of aliphatic carboxylic acids is 2. The molecule has 0 saturated carbocycles. The highest BCUT2D eigenvalue weighted by Crippen LogP contribution is 2.49. The van der Waals surface area contributed by atoms with Crippen molar-refractivity contribution < 1.29 is 78.0 Å². The monoisotopic (exact) mass is 841 g/mol. The Morgan fingerprint density at radius 3 is 2.24 bits per heavy atom. The minimum atomic E-state index is -2.27. The van der Waals surface area contributed by atoms with E-state index >= 15 is 0 Å². The summed E-state index contributed by atoms with van der Waals surface area (Å²) in [6.45, 7) is 8.29. The highest BCUT2D eigenvalue weighted by Gasteiger charge is 2.64. The summed E-state index contributed by atoms with van der Waals surface area (Å²) in [5.41, 5.74) is -0.871. The number of likely N-dealkylation sites (N-methyl/N-ethyl adjacent to an activating group) is 1. The number of carbonyl (C=O) groups is 6. The first-order valence-electron chi connectivity index (χ1n) is 18.1. The molecule has 2 fully saturated rings. The standard InChI is InChI=1S/C34H46ClN3O10.C4H6O6/c1-18-11-10-12-26(45-9)34(43)17-25(46-32(42)36-34)19(2)30-33(5,48-30)27(47-31(41)20(3)37(6)21(4)39)16-28(40)38(7)23-14-22(13-18)15-24(44-8)29(23)35;5-1(3(7)8)2(6)4(9)10/h10-12,14-15,19-20,25-27,30,43H,13,16-17H2,1-9H3,(H,36,42);1-2,5-6H,(H,7,8)(H,9,10)/b12-10+,18-11+;/t19-,20+,25+,26?,27+,30+,33+,34+;/m1./s1. The molecule has 0 aliphatic carbocycles. The Balaban J connectivity index is 0.000000793. The summed E-state index contributed by atoms with van der Waals surface area (Å²) in [6, 6.07) is 2.63. The second kappa shape index (κ2) is 19.3. The summed E-state index contributed by atoms with van der Waals surface area (Å²) in [5.74, 6) is -5.17. The van der Waals surface area contributed by atoms with Gasteiger partial charge in [0.2, 0.25) is 11.8 Å². The number of hydrogen-bond donors (Lipinski definition) is 6. The van der Waals surface area contributed by atoms with Crippen LogP contribution in [0.25, 0.3) is 0 Å². The number of halogens is 1. The van der Waals surface area contributed by atoms with Crippen molar-refractivity contribution in [1.82, 2.24) is 10.2 Å². The zero-order chi connectivity index (χ0) is 44.0. The summed E-state index contributed by atoms with van der Waals surface area (Å²) in [5, 5.41) is 46.9. The number of esters is 1. The molecule has 10 atom stereocenters. The van der Waals surface area contributed by atoms with E-state index in [0.717, 1.165) is 11.1 Å². The fraction of sp³-hybridized carbons (Fsp3) is 0.579. The van der Waals surface area contributed by atoms with Crippen molar-refractivity contribution in [2.24, 2.45) is 5.92 Å². The van der Waals surface area contributed by atoms with Gasteiger partial charge in [-0.1, -0.05) is 42.3 Å². The third-order valence-corrected chi connectivity index (χ3v) is 10.8. The van der Waals surface area contributed by atoms with Crippen LogP contribution in [0, 0.1) is 5.92 Å².